The molecular formula is C29H23NO. The zero-order chi connectivity index (χ0) is 20.8. The number of aryl methyl sites for hydroxylation is 1. The Bertz CT molecular complexity index is 1360. The highest BCUT2D eigenvalue weighted by Gasteiger charge is 2.22. The van der Waals surface area contributed by atoms with E-state index in [1.807, 2.05) is 0 Å². The Labute approximate surface area is 182 Å². The van der Waals surface area contributed by atoms with Crippen molar-refractivity contribution in [1.82, 2.24) is 0 Å². The van der Waals surface area contributed by atoms with E-state index in [-0.39, 0.29) is 0 Å². The number of benzene rings is 5. The van der Waals surface area contributed by atoms with Crippen LogP contribution in [0.1, 0.15) is 11.1 Å². The van der Waals surface area contributed by atoms with E-state index in [0.717, 1.165) is 12.3 Å². The maximum absolute atomic E-state index is 6.43. The van der Waals surface area contributed by atoms with Crippen molar-refractivity contribution in [2.75, 3.05) is 11.6 Å². The molecule has 0 saturated heterocycles. The summed E-state index contributed by atoms with van der Waals surface area (Å²) < 4.78 is 6.43. The lowest BCUT2D eigenvalue weighted by Crippen LogP contribution is -2.32. The van der Waals surface area contributed by atoms with Crippen molar-refractivity contribution in [2.45, 2.75) is 13.5 Å². The molecule has 2 heteroatoms. The third kappa shape index (κ3) is 3.03. The molecule has 0 aliphatic carbocycles. The average Bonchev–Trinajstić information content (AvgIpc) is 2.82. The SMILES string of the molecule is Cc1ccc(N2COc3c(cccc3-c3c4ccccc4cc4ccccc34)C2)cc1. The van der Waals surface area contributed by atoms with E-state index in [1.165, 1.54) is 49.5 Å². The molecule has 150 valence electrons. The van der Waals surface area contributed by atoms with Gasteiger partial charge in [0.15, 0.2) is 6.73 Å². The van der Waals surface area contributed by atoms with Crippen LogP contribution in [0.15, 0.2) is 97.1 Å². The third-order valence-corrected chi connectivity index (χ3v) is 6.26. The quantitative estimate of drug-likeness (QED) is 0.287. The number of nitrogens with zero attached hydrogens (tertiary/aromatic N) is 1. The van der Waals surface area contributed by atoms with Crippen LogP contribution in [-0.4, -0.2) is 6.73 Å². The number of para-hydroxylation sites is 1. The second kappa shape index (κ2) is 7.17. The lowest BCUT2D eigenvalue weighted by Gasteiger charge is -2.32. The van der Waals surface area contributed by atoms with Gasteiger partial charge in [0.1, 0.15) is 5.75 Å². The highest BCUT2D eigenvalue weighted by Crippen LogP contribution is 2.43. The predicted molar refractivity (Wildman–Crippen MR) is 130 cm³/mol. The van der Waals surface area contributed by atoms with E-state index in [9.17, 15) is 0 Å². The van der Waals surface area contributed by atoms with E-state index < -0.39 is 0 Å². The molecule has 0 radical (unpaired) electrons. The molecule has 1 aliphatic rings. The fourth-order valence-corrected chi connectivity index (χ4v) is 4.70. The van der Waals surface area contributed by atoms with E-state index in [4.69, 9.17) is 4.74 Å². The van der Waals surface area contributed by atoms with Gasteiger partial charge in [-0.1, -0.05) is 84.4 Å². The van der Waals surface area contributed by atoms with Gasteiger partial charge in [0.05, 0.1) is 0 Å². The third-order valence-electron chi connectivity index (χ3n) is 6.26. The first kappa shape index (κ1) is 18.0. The molecule has 2 nitrogen and oxygen atoms in total. The Morgan fingerprint density at radius 1 is 0.710 bits per heavy atom. The maximum Gasteiger partial charge on any atom is 0.161 e. The molecule has 1 heterocycles. The number of rotatable bonds is 2. The molecule has 6 rings (SSSR count). The summed E-state index contributed by atoms with van der Waals surface area (Å²) in [5, 5.41) is 5.04. The zero-order valence-corrected chi connectivity index (χ0v) is 17.5. The van der Waals surface area contributed by atoms with Crippen molar-refractivity contribution in [3.05, 3.63) is 108 Å². The summed E-state index contributed by atoms with van der Waals surface area (Å²) in [7, 11) is 0. The second-order valence-electron chi connectivity index (χ2n) is 8.29. The van der Waals surface area contributed by atoms with Crippen molar-refractivity contribution < 1.29 is 4.74 Å². The fraction of sp³-hybridized carbons (Fsp3) is 0.103. The Hall–Kier alpha value is -3.78. The highest BCUT2D eigenvalue weighted by molar-refractivity contribution is 6.13. The van der Waals surface area contributed by atoms with Crippen LogP contribution in [0.4, 0.5) is 5.69 Å². The molecule has 0 bridgehead atoms. The van der Waals surface area contributed by atoms with Gasteiger partial charge in [-0.3, -0.25) is 0 Å². The first-order chi connectivity index (χ1) is 15.3. The van der Waals surface area contributed by atoms with Crippen LogP contribution in [0, 0.1) is 6.92 Å². The first-order valence-electron chi connectivity index (χ1n) is 10.7. The van der Waals surface area contributed by atoms with Gasteiger partial charge in [-0.2, -0.15) is 0 Å². The molecule has 1 aliphatic heterocycles. The van der Waals surface area contributed by atoms with Crippen molar-refractivity contribution in [1.29, 1.82) is 0 Å². The second-order valence-corrected chi connectivity index (χ2v) is 8.29. The minimum atomic E-state index is 0.551. The van der Waals surface area contributed by atoms with Gasteiger partial charge in [0.2, 0.25) is 0 Å². The van der Waals surface area contributed by atoms with Gasteiger partial charge < -0.3 is 9.64 Å². The van der Waals surface area contributed by atoms with Crippen LogP contribution in [0.2, 0.25) is 0 Å². The fourth-order valence-electron chi connectivity index (χ4n) is 4.70. The lowest BCUT2D eigenvalue weighted by molar-refractivity contribution is 0.291. The van der Waals surface area contributed by atoms with Crippen LogP contribution >= 0.6 is 0 Å². The Morgan fingerprint density at radius 3 is 2.10 bits per heavy atom. The van der Waals surface area contributed by atoms with Gasteiger partial charge in [0.25, 0.3) is 0 Å². The molecule has 0 aromatic heterocycles. The molecule has 0 unspecified atom stereocenters. The Balaban J connectivity index is 1.53. The standard InChI is InChI=1S/C29H23NO/c1-20-13-15-24(16-14-20)30-18-23-9-6-12-27(29(23)31-19-30)28-25-10-4-2-7-21(25)17-22-8-3-5-11-26(22)28/h2-17H,18-19H2,1H3. The summed E-state index contributed by atoms with van der Waals surface area (Å²) in [5.41, 5.74) is 6.12. The number of anilines is 1. The van der Waals surface area contributed by atoms with Gasteiger partial charge in [-0.15, -0.1) is 0 Å². The topological polar surface area (TPSA) is 12.5 Å². The summed E-state index contributed by atoms with van der Waals surface area (Å²) in [6.07, 6.45) is 0. The van der Waals surface area contributed by atoms with Crippen molar-refractivity contribution >= 4 is 27.2 Å². The minimum absolute atomic E-state index is 0.551. The van der Waals surface area contributed by atoms with Gasteiger partial charge in [-0.25, -0.2) is 0 Å². The normalized spacial score (nSPS) is 13.3. The summed E-state index contributed by atoms with van der Waals surface area (Å²) in [6, 6.07) is 34.8. The summed E-state index contributed by atoms with van der Waals surface area (Å²) >= 11 is 0. The van der Waals surface area contributed by atoms with Crippen LogP contribution in [-0.2, 0) is 6.54 Å². The molecular weight excluding hydrogens is 378 g/mol. The van der Waals surface area contributed by atoms with E-state index >= 15 is 0 Å². The molecule has 5 aromatic rings. The molecule has 0 N–H and O–H groups in total. The summed E-state index contributed by atoms with van der Waals surface area (Å²) in [6.45, 7) is 3.51. The van der Waals surface area contributed by atoms with Crippen molar-refractivity contribution in [3.8, 4) is 16.9 Å². The summed E-state index contributed by atoms with van der Waals surface area (Å²) in [4.78, 5) is 2.28. The van der Waals surface area contributed by atoms with E-state index in [1.54, 1.807) is 0 Å². The highest BCUT2D eigenvalue weighted by atomic mass is 16.5. The molecule has 0 amide bonds. The molecule has 0 atom stereocenters. The average molecular weight is 402 g/mol. The Morgan fingerprint density at radius 2 is 1.39 bits per heavy atom. The minimum Gasteiger partial charge on any atom is -0.472 e. The van der Waals surface area contributed by atoms with Crippen LogP contribution in [0.5, 0.6) is 5.75 Å². The Kier molecular flexibility index (Phi) is 4.17. The number of hydrogen-bond donors (Lipinski definition) is 0. The number of hydrogen-bond acceptors (Lipinski definition) is 2. The molecule has 0 saturated carbocycles. The molecule has 31 heavy (non-hydrogen) atoms. The number of ether oxygens (including phenoxy) is 1. The predicted octanol–water partition coefficient (Wildman–Crippen LogP) is 7.32. The van der Waals surface area contributed by atoms with Gasteiger partial charge in [-0.05, 0) is 46.7 Å². The summed E-state index contributed by atoms with van der Waals surface area (Å²) in [5.74, 6) is 1.01. The largest absolute Gasteiger partial charge is 0.472 e. The van der Waals surface area contributed by atoms with E-state index in [0.29, 0.717) is 6.73 Å². The van der Waals surface area contributed by atoms with Crippen LogP contribution in [0.3, 0.4) is 0 Å². The molecule has 0 spiro atoms. The molecule has 0 fully saturated rings. The van der Waals surface area contributed by atoms with Crippen molar-refractivity contribution in [3.63, 3.8) is 0 Å². The van der Waals surface area contributed by atoms with Gasteiger partial charge in [0, 0.05) is 28.9 Å². The van der Waals surface area contributed by atoms with Crippen LogP contribution < -0.4 is 9.64 Å². The van der Waals surface area contributed by atoms with Gasteiger partial charge >= 0.3 is 0 Å². The number of fused-ring (bicyclic) bond motifs is 3. The van der Waals surface area contributed by atoms with Crippen molar-refractivity contribution in [2.24, 2.45) is 0 Å². The van der Waals surface area contributed by atoms with E-state index in [2.05, 4.69) is 109 Å². The first-order valence-corrected chi connectivity index (χ1v) is 10.7. The lowest BCUT2D eigenvalue weighted by atomic mass is 9.90. The zero-order valence-electron chi connectivity index (χ0n) is 17.5. The smallest absolute Gasteiger partial charge is 0.161 e. The van der Waals surface area contributed by atoms with Crippen LogP contribution in [0.25, 0.3) is 32.7 Å². The maximum atomic E-state index is 6.43. The monoisotopic (exact) mass is 401 g/mol. The molecule has 5 aromatic carbocycles.